The molecule has 3 heterocycles. The molecule has 1 N–H and O–H groups in total. The molecule has 0 bridgehead atoms. The fourth-order valence-electron chi connectivity index (χ4n) is 3.73. The van der Waals surface area contributed by atoms with Gasteiger partial charge in [0.1, 0.15) is 28.6 Å². The number of Topliss-reactive ketones (excluding diaryl/α,β-unsaturated/α-hetero) is 1. The van der Waals surface area contributed by atoms with Gasteiger partial charge in [-0.2, -0.15) is 0 Å². The van der Waals surface area contributed by atoms with E-state index >= 15 is 0 Å². The average Bonchev–Trinajstić information content (AvgIpc) is 3.41. The Labute approximate surface area is 178 Å². The van der Waals surface area contributed by atoms with Crippen LogP contribution in [0.25, 0.3) is 5.76 Å². The monoisotopic (exact) mass is 420 g/mol. The Bertz CT molecular complexity index is 1120. The highest BCUT2D eigenvalue weighted by Crippen LogP contribution is 2.43. The van der Waals surface area contributed by atoms with Gasteiger partial charge >= 0.3 is 0 Å². The highest BCUT2D eigenvalue weighted by atomic mass is 16.5. The maximum absolute atomic E-state index is 13.1. The van der Waals surface area contributed by atoms with Gasteiger partial charge in [0, 0.05) is 12.4 Å². The van der Waals surface area contributed by atoms with Crippen LogP contribution in [0.4, 0.5) is 0 Å². The quantitative estimate of drug-likeness (QED) is 0.371. The molecule has 3 aromatic rings. The van der Waals surface area contributed by atoms with E-state index in [9.17, 15) is 14.7 Å². The van der Waals surface area contributed by atoms with Crippen molar-refractivity contribution in [3.05, 3.63) is 83.6 Å². The van der Waals surface area contributed by atoms with Crippen molar-refractivity contribution in [3.63, 3.8) is 0 Å². The van der Waals surface area contributed by atoms with Gasteiger partial charge in [-0.05, 0) is 42.0 Å². The van der Waals surface area contributed by atoms with Gasteiger partial charge in [0.2, 0.25) is 0 Å². The predicted octanol–water partition coefficient (Wildman–Crippen LogP) is 3.31. The Balaban J connectivity index is 1.93. The van der Waals surface area contributed by atoms with Crippen LogP contribution in [0.15, 0.2) is 71.1 Å². The number of amides is 1. The van der Waals surface area contributed by atoms with Crippen molar-refractivity contribution < 1.29 is 28.6 Å². The maximum Gasteiger partial charge on any atom is 0.296 e. The first-order chi connectivity index (χ1) is 15.1. The van der Waals surface area contributed by atoms with Crippen molar-refractivity contribution in [1.29, 1.82) is 0 Å². The van der Waals surface area contributed by atoms with E-state index < -0.39 is 17.7 Å². The van der Waals surface area contributed by atoms with E-state index in [1.54, 1.807) is 54.9 Å². The zero-order valence-electron chi connectivity index (χ0n) is 16.9. The summed E-state index contributed by atoms with van der Waals surface area (Å²) in [5.74, 6) is -0.801. The number of aliphatic hydroxyl groups excluding tert-OH is 1. The molecule has 1 amide bonds. The molecular weight excluding hydrogens is 400 g/mol. The van der Waals surface area contributed by atoms with Crippen LogP contribution in [0.5, 0.6) is 11.5 Å². The predicted molar refractivity (Wildman–Crippen MR) is 110 cm³/mol. The van der Waals surface area contributed by atoms with Crippen LogP contribution in [0, 0.1) is 0 Å². The highest BCUT2D eigenvalue weighted by molar-refractivity contribution is 6.46. The van der Waals surface area contributed by atoms with Gasteiger partial charge in [-0.3, -0.25) is 14.6 Å². The van der Waals surface area contributed by atoms with E-state index in [0.29, 0.717) is 22.8 Å². The Kier molecular flexibility index (Phi) is 5.44. The smallest absolute Gasteiger partial charge is 0.296 e. The van der Waals surface area contributed by atoms with E-state index in [1.807, 2.05) is 0 Å². The number of nitrogens with zero attached hydrogens (tertiary/aromatic N) is 2. The van der Waals surface area contributed by atoms with Crippen molar-refractivity contribution >= 4 is 17.4 Å². The van der Waals surface area contributed by atoms with E-state index in [-0.39, 0.29) is 23.4 Å². The first-order valence-electron chi connectivity index (χ1n) is 9.49. The molecule has 8 heteroatoms. The third-order valence-electron chi connectivity index (χ3n) is 5.13. The summed E-state index contributed by atoms with van der Waals surface area (Å²) in [6.45, 7) is 0.0599. The first-order valence-corrected chi connectivity index (χ1v) is 9.49. The number of ether oxygens (including phenoxy) is 2. The summed E-state index contributed by atoms with van der Waals surface area (Å²) >= 11 is 0. The molecule has 4 rings (SSSR count). The number of ketones is 1. The van der Waals surface area contributed by atoms with Crippen LogP contribution < -0.4 is 9.47 Å². The number of methoxy groups -OCH3 is 2. The molecule has 1 fully saturated rings. The standard InChI is InChI=1S/C23H20N2O6/c1-29-16-6-3-7-17(30-2)18(16)21(26)19-20(14-8-10-24-11-9-14)25(23(28)22(19)27)13-15-5-4-12-31-15/h3-12,20,26H,13H2,1-2H3/b21-19+. The number of aromatic nitrogens is 1. The van der Waals surface area contributed by atoms with E-state index in [0.717, 1.165) is 0 Å². The summed E-state index contributed by atoms with van der Waals surface area (Å²) in [5, 5.41) is 11.3. The third-order valence-corrected chi connectivity index (χ3v) is 5.13. The van der Waals surface area contributed by atoms with Crippen LogP contribution in [0.2, 0.25) is 0 Å². The minimum Gasteiger partial charge on any atom is -0.506 e. The van der Waals surface area contributed by atoms with Gasteiger partial charge in [0.15, 0.2) is 0 Å². The molecule has 0 spiro atoms. The lowest BCUT2D eigenvalue weighted by Crippen LogP contribution is -2.29. The number of hydrogen-bond donors (Lipinski definition) is 1. The topological polar surface area (TPSA) is 102 Å². The molecule has 1 atom stereocenters. The Morgan fingerprint density at radius 1 is 1.06 bits per heavy atom. The number of carbonyl (C=O) groups excluding carboxylic acids is 2. The molecule has 8 nitrogen and oxygen atoms in total. The molecule has 1 saturated heterocycles. The molecule has 31 heavy (non-hydrogen) atoms. The van der Waals surface area contributed by atoms with Crippen LogP contribution >= 0.6 is 0 Å². The maximum atomic E-state index is 13.1. The lowest BCUT2D eigenvalue weighted by molar-refractivity contribution is -0.140. The van der Waals surface area contributed by atoms with Crippen molar-refractivity contribution in [1.82, 2.24) is 9.88 Å². The number of furan rings is 1. The number of aliphatic hydroxyl groups is 1. The van der Waals surface area contributed by atoms with Crippen molar-refractivity contribution in [2.75, 3.05) is 14.2 Å². The lowest BCUT2D eigenvalue weighted by Gasteiger charge is -2.24. The van der Waals surface area contributed by atoms with E-state index in [4.69, 9.17) is 13.9 Å². The van der Waals surface area contributed by atoms with E-state index in [1.165, 1.54) is 25.4 Å². The van der Waals surface area contributed by atoms with Crippen molar-refractivity contribution in [3.8, 4) is 11.5 Å². The minimum atomic E-state index is -0.845. The van der Waals surface area contributed by atoms with Crippen LogP contribution in [-0.2, 0) is 16.1 Å². The molecule has 1 aliphatic heterocycles. The SMILES string of the molecule is COc1cccc(OC)c1/C(O)=C1\C(=O)C(=O)N(Cc2ccco2)C1c1ccncc1. The van der Waals surface area contributed by atoms with Crippen molar-refractivity contribution in [2.24, 2.45) is 0 Å². The first kappa shape index (κ1) is 20.2. The number of carbonyl (C=O) groups is 2. The number of rotatable bonds is 6. The van der Waals surface area contributed by atoms with Crippen LogP contribution in [-0.4, -0.2) is 40.9 Å². The summed E-state index contributed by atoms with van der Waals surface area (Å²) < 4.78 is 16.1. The molecule has 1 unspecified atom stereocenters. The second-order valence-electron chi connectivity index (χ2n) is 6.82. The van der Waals surface area contributed by atoms with Gasteiger partial charge in [-0.15, -0.1) is 0 Å². The highest BCUT2D eigenvalue weighted by Gasteiger charge is 2.47. The summed E-state index contributed by atoms with van der Waals surface area (Å²) in [6.07, 6.45) is 4.62. The van der Waals surface area contributed by atoms with Crippen LogP contribution in [0.1, 0.15) is 22.9 Å². The summed E-state index contributed by atoms with van der Waals surface area (Å²) in [4.78, 5) is 31.5. The van der Waals surface area contributed by atoms with Crippen molar-refractivity contribution in [2.45, 2.75) is 12.6 Å². The summed E-state index contributed by atoms with van der Waals surface area (Å²) in [6, 6.07) is 10.9. The molecule has 0 saturated carbocycles. The molecule has 2 aromatic heterocycles. The summed E-state index contributed by atoms with van der Waals surface area (Å²) in [7, 11) is 2.89. The fraction of sp³-hybridized carbons (Fsp3) is 0.174. The second kappa shape index (κ2) is 8.35. The fourth-order valence-corrected chi connectivity index (χ4v) is 3.73. The second-order valence-corrected chi connectivity index (χ2v) is 6.82. The molecule has 1 aliphatic rings. The van der Waals surface area contributed by atoms with Gasteiger partial charge in [0.25, 0.3) is 11.7 Å². The zero-order valence-corrected chi connectivity index (χ0v) is 16.9. The number of benzene rings is 1. The Hall–Kier alpha value is -4.07. The minimum absolute atomic E-state index is 0.0599. The molecule has 0 radical (unpaired) electrons. The lowest BCUT2D eigenvalue weighted by atomic mass is 9.95. The Morgan fingerprint density at radius 3 is 2.32 bits per heavy atom. The molecular formula is C23H20N2O6. The third kappa shape index (κ3) is 3.52. The number of hydrogen-bond acceptors (Lipinski definition) is 7. The Morgan fingerprint density at radius 2 is 1.74 bits per heavy atom. The molecule has 1 aromatic carbocycles. The summed E-state index contributed by atoms with van der Waals surface area (Å²) in [5.41, 5.74) is 0.754. The van der Waals surface area contributed by atoms with Gasteiger partial charge in [-0.25, -0.2) is 0 Å². The largest absolute Gasteiger partial charge is 0.506 e. The number of pyridine rings is 1. The van der Waals surface area contributed by atoms with Gasteiger partial charge in [-0.1, -0.05) is 6.07 Å². The zero-order chi connectivity index (χ0) is 22.0. The normalized spacial score (nSPS) is 17.7. The van der Waals surface area contributed by atoms with Gasteiger partial charge < -0.3 is 23.9 Å². The van der Waals surface area contributed by atoms with E-state index in [2.05, 4.69) is 4.98 Å². The molecule has 0 aliphatic carbocycles. The number of likely N-dealkylation sites (tertiary alicyclic amines) is 1. The van der Waals surface area contributed by atoms with Crippen LogP contribution in [0.3, 0.4) is 0 Å². The molecule has 158 valence electrons. The van der Waals surface area contributed by atoms with Gasteiger partial charge in [0.05, 0.1) is 38.6 Å². The average molecular weight is 420 g/mol.